The average molecular weight is 246 g/mol. The van der Waals surface area contributed by atoms with Gasteiger partial charge in [0.2, 0.25) is 0 Å². The molecule has 0 aliphatic carbocycles. The number of nitrogens with zero attached hydrogens (tertiary/aromatic N) is 1. The lowest BCUT2D eigenvalue weighted by atomic mass is 10.1. The van der Waals surface area contributed by atoms with Gasteiger partial charge in [0.1, 0.15) is 16.2 Å². The number of aromatic nitrogens is 2. The number of hydrogen-bond donors (Lipinski definition) is 1. The van der Waals surface area contributed by atoms with E-state index < -0.39 is 0 Å². The van der Waals surface area contributed by atoms with Crippen LogP contribution < -0.4 is 4.74 Å². The van der Waals surface area contributed by atoms with Crippen molar-refractivity contribution in [3.05, 3.63) is 40.3 Å². The van der Waals surface area contributed by atoms with Crippen LogP contribution in [0.15, 0.2) is 24.3 Å². The van der Waals surface area contributed by atoms with Crippen LogP contribution in [0.4, 0.5) is 0 Å². The Bertz CT molecular complexity index is 605. The zero-order chi connectivity index (χ0) is 12.4. The maximum absolute atomic E-state index is 5.23. The van der Waals surface area contributed by atoms with Crippen molar-refractivity contribution in [3.63, 3.8) is 0 Å². The van der Waals surface area contributed by atoms with Crippen LogP contribution in [0.2, 0.25) is 0 Å². The predicted octanol–water partition coefficient (Wildman–Crippen LogP) is 3.43. The highest BCUT2D eigenvalue weighted by atomic mass is 32.1. The second-order valence-electron chi connectivity index (χ2n) is 3.86. The summed E-state index contributed by atoms with van der Waals surface area (Å²) in [6, 6.07) is 7.88. The minimum absolute atomic E-state index is 0.638. The van der Waals surface area contributed by atoms with Gasteiger partial charge in [-0.3, -0.25) is 0 Å². The molecule has 0 fully saturated rings. The van der Waals surface area contributed by atoms with Gasteiger partial charge < -0.3 is 9.72 Å². The molecule has 0 aliphatic rings. The molecule has 0 saturated carbocycles. The summed E-state index contributed by atoms with van der Waals surface area (Å²) in [6.45, 7) is 3.87. The quantitative estimate of drug-likeness (QED) is 0.825. The zero-order valence-electron chi connectivity index (χ0n) is 10.1. The first-order valence-electron chi connectivity index (χ1n) is 5.34. The fraction of sp³-hybridized carbons (Fsp3) is 0.231. The highest BCUT2D eigenvalue weighted by Gasteiger charge is 2.06. The summed E-state index contributed by atoms with van der Waals surface area (Å²) >= 11 is 5.23. The zero-order valence-corrected chi connectivity index (χ0v) is 10.9. The molecule has 1 aromatic heterocycles. The van der Waals surface area contributed by atoms with Crippen molar-refractivity contribution in [2.24, 2.45) is 0 Å². The van der Waals surface area contributed by atoms with Crippen LogP contribution in [0.3, 0.4) is 0 Å². The third-order valence-corrected chi connectivity index (χ3v) is 3.03. The van der Waals surface area contributed by atoms with Crippen molar-refractivity contribution in [2.45, 2.75) is 13.8 Å². The van der Waals surface area contributed by atoms with Gasteiger partial charge in [-0.1, -0.05) is 24.4 Å². The van der Waals surface area contributed by atoms with E-state index in [2.05, 4.69) is 9.97 Å². The van der Waals surface area contributed by atoms with Gasteiger partial charge in [-0.2, -0.15) is 0 Å². The largest absolute Gasteiger partial charge is 0.497 e. The number of H-pyrrole nitrogens is 1. The number of nitrogens with one attached hydrogen (secondary N) is 1. The van der Waals surface area contributed by atoms with E-state index >= 15 is 0 Å². The van der Waals surface area contributed by atoms with Crippen LogP contribution in [0, 0.1) is 18.5 Å². The first-order valence-corrected chi connectivity index (χ1v) is 5.74. The van der Waals surface area contributed by atoms with Crippen molar-refractivity contribution >= 4 is 12.2 Å². The summed E-state index contributed by atoms with van der Waals surface area (Å²) < 4.78 is 5.86. The van der Waals surface area contributed by atoms with Gasteiger partial charge in [0.25, 0.3) is 0 Å². The molecule has 2 rings (SSSR count). The molecule has 0 saturated heterocycles. The number of ether oxygens (including phenoxy) is 1. The lowest BCUT2D eigenvalue weighted by molar-refractivity contribution is 0.415. The van der Waals surface area contributed by atoms with Gasteiger partial charge in [0, 0.05) is 11.1 Å². The second-order valence-corrected chi connectivity index (χ2v) is 4.25. The molecular weight excluding hydrogens is 232 g/mol. The van der Waals surface area contributed by atoms with Crippen molar-refractivity contribution in [3.8, 4) is 17.0 Å². The van der Waals surface area contributed by atoms with E-state index in [4.69, 9.17) is 17.0 Å². The van der Waals surface area contributed by atoms with E-state index in [-0.39, 0.29) is 0 Å². The molecule has 1 heterocycles. The summed E-state index contributed by atoms with van der Waals surface area (Å²) in [5.41, 5.74) is 3.04. The Hall–Kier alpha value is -1.68. The fourth-order valence-corrected chi connectivity index (χ4v) is 1.95. The molecule has 0 bridgehead atoms. The number of aromatic amines is 1. The summed E-state index contributed by atoms with van der Waals surface area (Å²) in [7, 11) is 1.66. The number of benzene rings is 1. The number of rotatable bonds is 2. The molecule has 3 nitrogen and oxygen atoms in total. The van der Waals surface area contributed by atoms with Crippen LogP contribution >= 0.6 is 12.2 Å². The Morgan fingerprint density at radius 2 is 2.06 bits per heavy atom. The van der Waals surface area contributed by atoms with E-state index in [1.54, 1.807) is 7.11 Å². The summed E-state index contributed by atoms with van der Waals surface area (Å²) in [5, 5.41) is 0. The molecule has 0 spiro atoms. The first-order chi connectivity index (χ1) is 8.11. The van der Waals surface area contributed by atoms with Crippen molar-refractivity contribution in [1.82, 2.24) is 9.97 Å². The van der Waals surface area contributed by atoms with Crippen molar-refractivity contribution in [1.29, 1.82) is 0 Å². The molecule has 0 radical (unpaired) electrons. The Labute approximate surface area is 105 Å². The molecule has 0 aliphatic heterocycles. The maximum atomic E-state index is 5.23. The van der Waals surface area contributed by atoms with E-state index in [1.165, 1.54) is 0 Å². The van der Waals surface area contributed by atoms with E-state index in [0.29, 0.717) is 4.64 Å². The maximum Gasteiger partial charge on any atom is 0.133 e. The molecule has 2 aromatic rings. The third-order valence-electron chi connectivity index (χ3n) is 2.63. The molecule has 1 aromatic carbocycles. The van der Waals surface area contributed by atoms with Gasteiger partial charge in [0.05, 0.1) is 12.8 Å². The first kappa shape index (κ1) is 11.8. The topological polar surface area (TPSA) is 37.9 Å². The minimum Gasteiger partial charge on any atom is -0.497 e. The molecule has 17 heavy (non-hydrogen) atoms. The van der Waals surface area contributed by atoms with Gasteiger partial charge in [-0.25, -0.2) is 4.98 Å². The SMILES string of the molecule is COc1cccc(-c2[nH]c(C)nc(=S)c2C)c1. The van der Waals surface area contributed by atoms with E-state index in [9.17, 15) is 0 Å². The fourth-order valence-electron chi connectivity index (χ4n) is 1.71. The van der Waals surface area contributed by atoms with Crippen molar-refractivity contribution in [2.75, 3.05) is 7.11 Å². The van der Waals surface area contributed by atoms with Gasteiger partial charge >= 0.3 is 0 Å². The van der Waals surface area contributed by atoms with Crippen LogP contribution in [0.25, 0.3) is 11.3 Å². The van der Waals surface area contributed by atoms with Crippen LogP contribution in [0.1, 0.15) is 11.4 Å². The van der Waals surface area contributed by atoms with E-state index in [1.807, 2.05) is 38.1 Å². The Kier molecular flexibility index (Phi) is 3.24. The normalized spacial score (nSPS) is 10.3. The van der Waals surface area contributed by atoms with E-state index in [0.717, 1.165) is 28.4 Å². The molecule has 88 valence electrons. The van der Waals surface area contributed by atoms with Crippen molar-refractivity contribution < 1.29 is 4.74 Å². The standard InChI is InChI=1S/C13H14N2OS/c1-8-12(14-9(2)15-13(8)17)10-5-4-6-11(7-10)16-3/h4-7H,1-3H3,(H,14,15,17). The Balaban J connectivity index is 2.63. The third kappa shape index (κ3) is 2.36. The van der Waals surface area contributed by atoms with Crippen LogP contribution in [-0.4, -0.2) is 17.1 Å². The Morgan fingerprint density at radius 1 is 1.29 bits per heavy atom. The lowest BCUT2D eigenvalue weighted by Crippen LogP contribution is -1.96. The van der Waals surface area contributed by atoms with Crippen LogP contribution in [-0.2, 0) is 0 Å². The summed E-state index contributed by atoms with van der Waals surface area (Å²) in [4.78, 5) is 7.48. The lowest BCUT2D eigenvalue weighted by Gasteiger charge is -2.09. The van der Waals surface area contributed by atoms with Gasteiger partial charge in [-0.15, -0.1) is 0 Å². The molecule has 1 N–H and O–H groups in total. The number of hydrogen-bond acceptors (Lipinski definition) is 3. The number of aryl methyl sites for hydroxylation is 1. The molecule has 4 heteroatoms. The molecule has 0 unspecified atom stereocenters. The minimum atomic E-state index is 0.638. The molecule has 0 amide bonds. The Morgan fingerprint density at radius 3 is 2.76 bits per heavy atom. The van der Waals surface area contributed by atoms with Gasteiger partial charge in [-0.05, 0) is 26.0 Å². The summed E-state index contributed by atoms with van der Waals surface area (Å²) in [6.07, 6.45) is 0. The number of methoxy groups -OCH3 is 1. The smallest absolute Gasteiger partial charge is 0.133 e. The van der Waals surface area contributed by atoms with Crippen LogP contribution in [0.5, 0.6) is 5.75 Å². The molecule has 0 atom stereocenters. The summed E-state index contributed by atoms with van der Waals surface area (Å²) in [5.74, 6) is 1.65. The highest BCUT2D eigenvalue weighted by Crippen LogP contribution is 2.25. The monoisotopic (exact) mass is 246 g/mol. The van der Waals surface area contributed by atoms with Gasteiger partial charge in [0.15, 0.2) is 0 Å². The average Bonchev–Trinajstić information content (AvgIpc) is 2.34. The predicted molar refractivity (Wildman–Crippen MR) is 70.9 cm³/mol. The second kappa shape index (κ2) is 4.67. The highest BCUT2D eigenvalue weighted by molar-refractivity contribution is 7.71. The molecular formula is C13H14N2OS.